The number of aliphatic hydroxyl groups is 1. The van der Waals surface area contributed by atoms with E-state index in [4.69, 9.17) is 0 Å². The van der Waals surface area contributed by atoms with Crippen molar-refractivity contribution >= 4 is 17.7 Å². The quantitative estimate of drug-likeness (QED) is 0.798. The molecule has 0 saturated carbocycles. The van der Waals surface area contributed by atoms with Crippen LogP contribution >= 0.6 is 0 Å². The Morgan fingerprint density at radius 2 is 2.32 bits per heavy atom. The molecule has 6 heteroatoms. The van der Waals surface area contributed by atoms with Gasteiger partial charge in [-0.1, -0.05) is 0 Å². The minimum Gasteiger partial charge on any atom is -0.381 e. The molecule has 0 fully saturated rings. The van der Waals surface area contributed by atoms with Crippen molar-refractivity contribution in [2.75, 3.05) is 0 Å². The zero-order valence-electron chi connectivity index (χ0n) is 9.98. The van der Waals surface area contributed by atoms with Crippen LogP contribution in [0.2, 0.25) is 0 Å². The van der Waals surface area contributed by atoms with Crippen molar-refractivity contribution in [1.29, 1.82) is 0 Å². The maximum atomic E-state index is 11.2. The van der Waals surface area contributed by atoms with Crippen LogP contribution in [-0.4, -0.2) is 31.8 Å². The molecule has 0 radical (unpaired) electrons. The lowest BCUT2D eigenvalue weighted by molar-refractivity contribution is -0.116. The number of hydrogen-bond donors (Lipinski definition) is 1. The smallest absolute Gasteiger partial charge is 0.161 e. The van der Waals surface area contributed by atoms with Crippen LogP contribution < -0.4 is 0 Å². The molecule has 1 aliphatic rings. The number of aromatic nitrogens is 3. The van der Waals surface area contributed by atoms with Crippen LogP contribution in [0.5, 0.6) is 0 Å². The summed E-state index contributed by atoms with van der Waals surface area (Å²) in [6.45, 7) is 0. The van der Waals surface area contributed by atoms with Gasteiger partial charge >= 0.3 is 0 Å². The first-order valence-electron chi connectivity index (χ1n) is 5.86. The summed E-state index contributed by atoms with van der Waals surface area (Å²) in [6.07, 6.45) is 6.94. The molecule has 1 unspecified atom stereocenters. The second-order valence-electron chi connectivity index (χ2n) is 4.56. The molecule has 3 rings (SSSR count). The molecule has 0 spiro atoms. The molecule has 0 aliphatic heterocycles. The van der Waals surface area contributed by atoms with E-state index in [9.17, 15) is 14.7 Å². The lowest BCUT2D eigenvalue weighted by atomic mass is 9.84. The van der Waals surface area contributed by atoms with Crippen molar-refractivity contribution in [2.24, 2.45) is 0 Å². The van der Waals surface area contributed by atoms with E-state index in [2.05, 4.69) is 10.1 Å². The molecule has 19 heavy (non-hydrogen) atoms. The molecule has 0 amide bonds. The first kappa shape index (κ1) is 11.7. The molecule has 2 aromatic rings. The Bertz CT molecular complexity index is 704. The first-order chi connectivity index (χ1) is 9.12. The highest BCUT2D eigenvalue weighted by molar-refractivity contribution is 5.91. The highest BCUT2D eigenvalue weighted by Gasteiger charge is 2.33. The fourth-order valence-electron chi connectivity index (χ4n) is 2.27. The number of pyridine rings is 1. The fourth-order valence-corrected chi connectivity index (χ4v) is 2.27. The standard InChI is InChI=1S/C13H11N3O3/c17-7-9-5-11(12-14-8-15-16(12)6-9)13(19)3-1-10(18)2-4-13/h1,3,5-8,19H,2,4H2. The maximum absolute atomic E-state index is 11.2. The second kappa shape index (κ2) is 4.10. The van der Waals surface area contributed by atoms with Crippen molar-refractivity contribution in [3.05, 3.63) is 41.9 Å². The molecular formula is C13H11N3O3. The summed E-state index contributed by atoms with van der Waals surface area (Å²) in [5, 5.41) is 14.6. The Morgan fingerprint density at radius 3 is 3.00 bits per heavy atom. The summed E-state index contributed by atoms with van der Waals surface area (Å²) in [7, 11) is 0. The highest BCUT2D eigenvalue weighted by Crippen LogP contribution is 2.33. The number of rotatable bonds is 2. The van der Waals surface area contributed by atoms with Gasteiger partial charge in [-0.05, 0) is 24.6 Å². The first-order valence-corrected chi connectivity index (χ1v) is 5.86. The number of nitrogens with zero attached hydrogens (tertiary/aromatic N) is 3. The van der Waals surface area contributed by atoms with Gasteiger partial charge in [0.25, 0.3) is 0 Å². The van der Waals surface area contributed by atoms with Crippen LogP contribution in [0.1, 0.15) is 28.8 Å². The average molecular weight is 257 g/mol. The number of fused-ring (bicyclic) bond motifs is 1. The van der Waals surface area contributed by atoms with Gasteiger partial charge in [-0.25, -0.2) is 9.50 Å². The molecule has 1 aliphatic carbocycles. The molecule has 6 nitrogen and oxygen atoms in total. The maximum Gasteiger partial charge on any atom is 0.161 e. The van der Waals surface area contributed by atoms with E-state index in [0.717, 1.165) is 0 Å². The monoisotopic (exact) mass is 257 g/mol. The van der Waals surface area contributed by atoms with E-state index in [1.165, 1.54) is 23.0 Å². The number of allylic oxidation sites excluding steroid dienone is 1. The molecule has 96 valence electrons. The number of carbonyl (C=O) groups is 2. The van der Waals surface area contributed by atoms with Crippen LogP contribution in [-0.2, 0) is 10.4 Å². The SMILES string of the molecule is O=Cc1cc(C2(O)C=CC(=O)CC2)c2ncnn2c1. The number of ketones is 1. The van der Waals surface area contributed by atoms with Crippen molar-refractivity contribution < 1.29 is 14.7 Å². The van der Waals surface area contributed by atoms with Gasteiger partial charge < -0.3 is 5.11 Å². The Morgan fingerprint density at radius 1 is 1.47 bits per heavy atom. The van der Waals surface area contributed by atoms with Crippen molar-refractivity contribution in [2.45, 2.75) is 18.4 Å². The zero-order chi connectivity index (χ0) is 13.5. The van der Waals surface area contributed by atoms with E-state index in [-0.39, 0.29) is 18.6 Å². The lowest BCUT2D eigenvalue weighted by Crippen LogP contribution is -2.28. The van der Waals surface area contributed by atoms with Crippen LogP contribution in [0.25, 0.3) is 5.65 Å². The summed E-state index contributed by atoms with van der Waals surface area (Å²) in [5.74, 6) is -0.0197. The van der Waals surface area contributed by atoms with Gasteiger partial charge in [0.15, 0.2) is 17.7 Å². The normalized spacial score (nSPS) is 22.9. The molecule has 0 bridgehead atoms. The van der Waals surface area contributed by atoms with Gasteiger partial charge in [0.05, 0.1) is 0 Å². The minimum atomic E-state index is -1.29. The summed E-state index contributed by atoms with van der Waals surface area (Å²) in [5.41, 5.74) is 0.0680. The summed E-state index contributed by atoms with van der Waals surface area (Å²) >= 11 is 0. The van der Waals surface area contributed by atoms with Gasteiger partial charge in [-0.15, -0.1) is 0 Å². The third-order valence-electron chi connectivity index (χ3n) is 3.30. The van der Waals surface area contributed by atoms with Gasteiger partial charge in [0, 0.05) is 23.7 Å². The molecule has 1 N–H and O–H groups in total. The van der Waals surface area contributed by atoms with Gasteiger partial charge in [0.2, 0.25) is 0 Å². The molecule has 2 heterocycles. The van der Waals surface area contributed by atoms with E-state index in [0.29, 0.717) is 23.1 Å². The Hall–Kier alpha value is -2.34. The van der Waals surface area contributed by atoms with E-state index < -0.39 is 5.60 Å². The third kappa shape index (κ3) is 1.86. The summed E-state index contributed by atoms with van der Waals surface area (Å²) in [6, 6.07) is 1.58. The van der Waals surface area contributed by atoms with Crippen molar-refractivity contribution in [3.63, 3.8) is 0 Å². The molecular weight excluding hydrogens is 246 g/mol. The van der Waals surface area contributed by atoms with Gasteiger partial charge in [0.1, 0.15) is 11.9 Å². The topological polar surface area (TPSA) is 84.6 Å². The highest BCUT2D eigenvalue weighted by atomic mass is 16.3. The minimum absolute atomic E-state index is 0.0197. The molecule has 1 atom stereocenters. The fraction of sp³-hybridized carbons (Fsp3) is 0.231. The van der Waals surface area contributed by atoms with E-state index in [1.54, 1.807) is 12.3 Å². The Balaban J connectivity index is 2.23. The number of hydrogen-bond acceptors (Lipinski definition) is 5. The van der Waals surface area contributed by atoms with Gasteiger partial charge in [-0.3, -0.25) is 9.59 Å². The van der Waals surface area contributed by atoms with Crippen molar-refractivity contribution in [3.8, 4) is 0 Å². The van der Waals surface area contributed by atoms with Gasteiger partial charge in [-0.2, -0.15) is 5.10 Å². The number of carbonyl (C=O) groups excluding carboxylic acids is 2. The molecule has 0 aromatic carbocycles. The largest absolute Gasteiger partial charge is 0.381 e. The molecule has 0 saturated heterocycles. The average Bonchev–Trinajstić information content (AvgIpc) is 2.89. The van der Waals surface area contributed by atoms with Crippen LogP contribution in [0.15, 0.2) is 30.7 Å². The predicted octanol–water partition coefficient (Wildman–Crippen LogP) is 0.648. The lowest BCUT2D eigenvalue weighted by Gasteiger charge is -2.27. The summed E-state index contributed by atoms with van der Waals surface area (Å²) in [4.78, 5) is 26.3. The van der Waals surface area contributed by atoms with Crippen LogP contribution in [0.3, 0.4) is 0 Å². The van der Waals surface area contributed by atoms with Crippen LogP contribution in [0.4, 0.5) is 0 Å². The Labute approximate surface area is 108 Å². The number of aldehydes is 1. The summed E-state index contributed by atoms with van der Waals surface area (Å²) < 4.78 is 1.45. The zero-order valence-corrected chi connectivity index (χ0v) is 9.98. The Kier molecular flexibility index (Phi) is 2.53. The van der Waals surface area contributed by atoms with E-state index >= 15 is 0 Å². The van der Waals surface area contributed by atoms with E-state index in [1.807, 2.05) is 0 Å². The predicted molar refractivity (Wildman–Crippen MR) is 65.7 cm³/mol. The molecule has 2 aromatic heterocycles. The third-order valence-corrected chi connectivity index (χ3v) is 3.30. The van der Waals surface area contributed by atoms with Crippen LogP contribution in [0, 0.1) is 0 Å². The second-order valence-corrected chi connectivity index (χ2v) is 4.56. The van der Waals surface area contributed by atoms with Crippen molar-refractivity contribution in [1.82, 2.24) is 14.6 Å².